The van der Waals surface area contributed by atoms with Crippen LogP contribution in [-0.2, 0) is 6.54 Å². The molecule has 14 heavy (non-hydrogen) atoms. The van der Waals surface area contributed by atoms with Gasteiger partial charge in [0.2, 0.25) is 0 Å². The maximum atomic E-state index is 11.4. The average molecular weight is 188 g/mol. The molecule has 0 fully saturated rings. The lowest BCUT2D eigenvalue weighted by molar-refractivity contribution is 0.796. The van der Waals surface area contributed by atoms with Gasteiger partial charge < -0.3 is 9.88 Å². The second kappa shape index (κ2) is 2.47. The maximum Gasteiger partial charge on any atom is 0.353 e. The van der Waals surface area contributed by atoms with E-state index in [1.165, 1.54) is 6.20 Å². The molecule has 5 heteroatoms. The van der Waals surface area contributed by atoms with Gasteiger partial charge in [-0.25, -0.2) is 9.78 Å². The molecule has 3 heterocycles. The first-order valence-corrected chi connectivity index (χ1v) is 4.34. The third kappa shape index (κ3) is 0.834. The van der Waals surface area contributed by atoms with Crippen molar-refractivity contribution >= 4 is 11.8 Å². The Balaban J connectivity index is 2.49. The fraction of sp³-hybridized carbons (Fsp3) is 0.111. The molecule has 0 unspecified atom stereocenters. The Labute approximate surface area is 79.3 Å². The number of nitrogens with one attached hydrogen (secondary N) is 1. The topological polar surface area (TPSA) is 51.3 Å². The maximum absolute atomic E-state index is 11.4. The molecule has 0 atom stereocenters. The van der Waals surface area contributed by atoms with E-state index in [9.17, 15) is 4.79 Å². The first kappa shape index (κ1) is 7.37. The van der Waals surface area contributed by atoms with Crippen molar-refractivity contribution in [3.8, 4) is 0 Å². The summed E-state index contributed by atoms with van der Waals surface area (Å²) in [4.78, 5) is 15.1. The van der Waals surface area contributed by atoms with Crippen LogP contribution in [0.4, 0.5) is 0 Å². The Morgan fingerprint density at radius 3 is 3.36 bits per heavy atom. The van der Waals surface area contributed by atoms with E-state index in [1.54, 1.807) is 10.6 Å². The predicted molar refractivity (Wildman–Crippen MR) is 51.6 cm³/mol. The third-order valence-corrected chi connectivity index (χ3v) is 2.32. The lowest BCUT2D eigenvalue weighted by Gasteiger charge is -2.09. The zero-order chi connectivity index (χ0) is 9.54. The summed E-state index contributed by atoms with van der Waals surface area (Å²) >= 11 is 0. The molecular weight excluding hydrogens is 180 g/mol. The van der Waals surface area contributed by atoms with Gasteiger partial charge in [0.05, 0.1) is 12.2 Å². The lowest BCUT2D eigenvalue weighted by atomic mass is 10.4. The average Bonchev–Trinajstić information content (AvgIpc) is 2.59. The van der Waals surface area contributed by atoms with E-state index in [-0.39, 0.29) is 5.69 Å². The Bertz CT molecular complexity index is 578. The molecule has 0 spiro atoms. The molecule has 2 aromatic heterocycles. The minimum absolute atomic E-state index is 0.238. The summed E-state index contributed by atoms with van der Waals surface area (Å²) in [5.41, 5.74) is 1.66. The summed E-state index contributed by atoms with van der Waals surface area (Å²) in [6.45, 7) is 0.734. The summed E-state index contributed by atoms with van der Waals surface area (Å²) < 4.78 is 3.52. The van der Waals surface area contributed by atoms with Gasteiger partial charge in [-0.3, -0.25) is 4.40 Å². The van der Waals surface area contributed by atoms with Crippen molar-refractivity contribution in [3.05, 3.63) is 40.8 Å². The second-order valence-corrected chi connectivity index (χ2v) is 3.14. The Morgan fingerprint density at radius 1 is 1.50 bits per heavy atom. The van der Waals surface area contributed by atoms with Crippen LogP contribution in [0.25, 0.3) is 11.8 Å². The van der Waals surface area contributed by atoms with Crippen LogP contribution in [0, 0.1) is 0 Å². The highest BCUT2D eigenvalue weighted by molar-refractivity contribution is 5.50. The highest BCUT2D eigenvalue weighted by atomic mass is 16.1. The summed E-state index contributed by atoms with van der Waals surface area (Å²) in [6.07, 6.45) is 7.09. The van der Waals surface area contributed by atoms with Crippen molar-refractivity contribution in [1.29, 1.82) is 0 Å². The molecule has 1 aliphatic heterocycles. The minimum atomic E-state index is -0.238. The SMILES string of the molecule is O=c1nccc2n3c(cn12)CNC=C3. The van der Waals surface area contributed by atoms with Gasteiger partial charge in [-0.1, -0.05) is 0 Å². The molecule has 0 aromatic carbocycles. The van der Waals surface area contributed by atoms with Crippen LogP contribution < -0.4 is 11.0 Å². The fourth-order valence-electron chi connectivity index (χ4n) is 1.68. The van der Waals surface area contributed by atoms with E-state index in [2.05, 4.69) is 10.3 Å². The first-order chi connectivity index (χ1) is 6.86. The minimum Gasteiger partial charge on any atom is -0.384 e. The molecule has 1 N–H and O–H groups in total. The highest BCUT2D eigenvalue weighted by Crippen LogP contribution is 2.11. The van der Waals surface area contributed by atoms with Crippen LogP contribution >= 0.6 is 0 Å². The molecule has 1 aliphatic rings. The predicted octanol–water partition coefficient (Wildman–Crippen LogP) is 0.0274. The van der Waals surface area contributed by atoms with Gasteiger partial charge in [0, 0.05) is 24.8 Å². The van der Waals surface area contributed by atoms with Gasteiger partial charge in [0.25, 0.3) is 0 Å². The van der Waals surface area contributed by atoms with Gasteiger partial charge in [-0.2, -0.15) is 0 Å². The molecule has 0 radical (unpaired) electrons. The zero-order valence-electron chi connectivity index (χ0n) is 7.34. The molecular formula is C9H8N4O. The number of aromatic nitrogens is 3. The fourth-order valence-corrected chi connectivity index (χ4v) is 1.68. The normalized spacial score (nSPS) is 14.0. The molecule has 0 saturated heterocycles. The van der Waals surface area contributed by atoms with Crippen LogP contribution in [0.3, 0.4) is 0 Å². The smallest absolute Gasteiger partial charge is 0.353 e. The van der Waals surface area contributed by atoms with Crippen molar-refractivity contribution in [2.75, 3.05) is 0 Å². The van der Waals surface area contributed by atoms with Crippen molar-refractivity contribution in [1.82, 2.24) is 19.3 Å². The molecule has 0 saturated carbocycles. The standard InChI is InChI=1S/C9H8N4O/c14-9-11-2-1-8-12-4-3-10-5-7(12)6-13(8)9/h1-4,6,10H,5H2. The summed E-state index contributed by atoms with van der Waals surface area (Å²) in [5, 5.41) is 3.08. The quantitative estimate of drug-likeness (QED) is 0.634. The number of hydrogen-bond donors (Lipinski definition) is 1. The van der Waals surface area contributed by atoms with E-state index in [1.807, 2.05) is 23.0 Å². The van der Waals surface area contributed by atoms with E-state index in [0.29, 0.717) is 0 Å². The third-order valence-electron chi connectivity index (χ3n) is 2.32. The molecule has 3 rings (SSSR count). The van der Waals surface area contributed by atoms with Crippen LogP contribution in [0.5, 0.6) is 0 Å². The second-order valence-electron chi connectivity index (χ2n) is 3.14. The number of rotatable bonds is 0. The van der Waals surface area contributed by atoms with Crippen LogP contribution in [0.1, 0.15) is 5.69 Å². The first-order valence-electron chi connectivity index (χ1n) is 4.34. The largest absolute Gasteiger partial charge is 0.384 e. The van der Waals surface area contributed by atoms with Crippen molar-refractivity contribution in [2.45, 2.75) is 6.54 Å². The van der Waals surface area contributed by atoms with E-state index in [4.69, 9.17) is 0 Å². The molecule has 2 aromatic rings. The molecule has 70 valence electrons. The van der Waals surface area contributed by atoms with Gasteiger partial charge in [-0.05, 0) is 6.07 Å². The van der Waals surface area contributed by atoms with Crippen LogP contribution in [0.2, 0.25) is 0 Å². The van der Waals surface area contributed by atoms with Gasteiger partial charge >= 0.3 is 5.69 Å². The van der Waals surface area contributed by atoms with Gasteiger partial charge in [-0.15, -0.1) is 0 Å². The summed E-state index contributed by atoms with van der Waals surface area (Å²) in [5.74, 6) is 0. The number of hydrogen-bond acceptors (Lipinski definition) is 3. The number of fused-ring (bicyclic) bond motifs is 3. The number of nitrogens with zero attached hydrogens (tertiary/aromatic N) is 3. The van der Waals surface area contributed by atoms with Crippen LogP contribution in [-0.4, -0.2) is 14.0 Å². The lowest BCUT2D eigenvalue weighted by Crippen LogP contribution is -2.14. The zero-order valence-corrected chi connectivity index (χ0v) is 7.34. The van der Waals surface area contributed by atoms with Gasteiger partial charge in [0.15, 0.2) is 0 Å². The van der Waals surface area contributed by atoms with E-state index < -0.39 is 0 Å². The number of imidazole rings is 1. The van der Waals surface area contributed by atoms with Gasteiger partial charge in [0.1, 0.15) is 5.65 Å². The summed E-state index contributed by atoms with van der Waals surface area (Å²) in [7, 11) is 0. The molecule has 5 nitrogen and oxygen atoms in total. The Morgan fingerprint density at radius 2 is 2.43 bits per heavy atom. The van der Waals surface area contributed by atoms with E-state index >= 15 is 0 Å². The van der Waals surface area contributed by atoms with Crippen molar-refractivity contribution in [3.63, 3.8) is 0 Å². The molecule has 0 bridgehead atoms. The van der Waals surface area contributed by atoms with Crippen LogP contribution in [0.15, 0.2) is 29.5 Å². The highest BCUT2D eigenvalue weighted by Gasteiger charge is 2.09. The Kier molecular flexibility index (Phi) is 1.30. The molecule has 0 amide bonds. The van der Waals surface area contributed by atoms with E-state index in [0.717, 1.165) is 17.9 Å². The summed E-state index contributed by atoms with van der Waals surface area (Å²) in [6, 6.07) is 1.82. The Hall–Kier alpha value is -2.04. The molecule has 0 aliphatic carbocycles. The van der Waals surface area contributed by atoms with Crippen molar-refractivity contribution < 1.29 is 0 Å². The monoisotopic (exact) mass is 188 g/mol. The van der Waals surface area contributed by atoms with Crippen molar-refractivity contribution in [2.24, 2.45) is 0 Å².